The molecule has 2 rings (SSSR count). The standard InChI is InChI=1S/C14H12FN3OS/c1-9-17-8-13(20-9)14(19)18-12-5-4-11(15)7-10(12)3-2-6-16/h4-5,7-8H,6,16H2,1H3,(H,18,19). The van der Waals surface area contributed by atoms with Crippen LogP contribution in [0.3, 0.4) is 0 Å². The lowest BCUT2D eigenvalue weighted by molar-refractivity contribution is 0.103. The van der Waals surface area contributed by atoms with Gasteiger partial charge < -0.3 is 11.1 Å². The van der Waals surface area contributed by atoms with Crippen LogP contribution in [0.1, 0.15) is 20.2 Å². The van der Waals surface area contributed by atoms with Gasteiger partial charge in [0.25, 0.3) is 5.91 Å². The number of rotatable bonds is 2. The topological polar surface area (TPSA) is 68.0 Å². The van der Waals surface area contributed by atoms with Gasteiger partial charge in [-0.15, -0.1) is 11.3 Å². The van der Waals surface area contributed by atoms with Gasteiger partial charge in [0.2, 0.25) is 0 Å². The van der Waals surface area contributed by atoms with Crippen LogP contribution in [0.5, 0.6) is 0 Å². The molecule has 1 aromatic carbocycles. The number of nitrogens with zero attached hydrogens (tertiary/aromatic N) is 1. The third-order valence-corrected chi connectivity index (χ3v) is 3.31. The van der Waals surface area contributed by atoms with E-state index in [4.69, 9.17) is 5.73 Å². The van der Waals surface area contributed by atoms with Crippen LogP contribution in [-0.2, 0) is 0 Å². The average Bonchev–Trinajstić information content (AvgIpc) is 2.85. The summed E-state index contributed by atoms with van der Waals surface area (Å²) in [5, 5.41) is 3.50. The van der Waals surface area contributed by atoms with Crippen molar-refractivity contribution in [1.29, 1.82) is 0 Å². The van der Waals surface area contributed by atoms with Gasteiger partial charge in [0.1, 0.15) is 10.7 Å². The van der Waals surface area contributed by atoms with Crippen LogP contribution in [0.2, 0.25) is 0 Å². The van der Waals surface area contributed by atoms with E-state index in [1.807, 2.05) is 6.92 Å². The smallest absolute Gasteiger partial charge is 0.267 e. The molecule has 0 aliphatic rings. The number of hydrogen-bond acceptors (Lipinski definition) is 4. The fourth-order valence-electron chi connectivity index (χ4n) is 1.53. The van der Waals surface area contributed by atoms with Gasteiger partial charge in [0, 0.05) is 0 Å². The number of carbonyl (C=O) groups is 1. The van der Waals surface area contributed by atoms with E-state index in [9.17, 15) is 9.18 Å². The number of aryl methyl sites for hydroxylation is 1. The molecular weight excluding hydrogens is 277 g/mol. The highest BCUT2D eigenvalue weighted by molar-refractivity contribution is 7.13. The first-order chi connectivity index (χ1) is 9.60. The highest BCUT2D eigenvalue weighted by Gasteiger charge is 2.11. The van der Waals surface area contributed by atoms with Crippen molar-refractivity contribution >= 4 is 22.9 Å². The summed E-state index contributed by atoms with van der Waals surface area (Å²) in [6.07, 6.45) is 1.50. The molecule has 0 aliphatic carbocycles. The Hall–Kier alpha value is -2.23. The van der Waals surface area contributed by atoms with E-state index in [0.717, 1.165) is 5.01 Å². The van der Waals surface area contributed by atoms with Gasteiger partial charge in [0.15, 0.2) is 0 Å². The monoisotopic (exact) mass is 289 g/mol. The van der Waals surface area contributed by atoms with E-state index < -0.39 is 5.82 Å². The quantitative estimate of drug-likeness (QED) is 0.832. The van der Waals surface area contributed by atoms with Crippen LogP contribution >= 0.6 is 11.3 Å². The number of nitrogens with one attached hydrogen (secondary N) is 1. The minimum Gasteiger partial charge on any atom is -0.320 e. The van der Waals surface area contributed by atoms with E-state index in [1.54, 1.807) is 0 Å². The summed E-state index contributed by atoms with van der Waals surface area (Å²) in [7, 11) is 0. The highest BCUT2D eigenvalue weighted by atomic mass is 32.1. The number of hydrogen-bond donors (Lipinski definition) is 2. The van der Waals surface area contributed by atoms with Crippen LogP contribution in [0.25, 0.3) is 0 Å². The van der Waals surface area contributed by atoms with E-state index in [1.165, 1.54) is 35.7 Å². The van der Waals surface area contributed by atoms with Gasteiger partial charge >= 0.3 is 0 Å². The predicted octanol–water partition coefficient (Wildman–Crippen LogP) is 2.15. The number of amides is 1. The molecule has 2 aromatic rings. The Balaban J connectivity index is 2.26. The van der Waals surface area contributed by atoms with Gasteiger partial charge in [-0.1, -0.05) is 11.8 Å². The number of nitrogens with two attached hydrogens (primary N) is 1. The average molecular weight is 289 g/mol. The number of halogens is 1. The molecule has 0 radical (unpaired) electrons. The number of carbonyl (C=O) groups excluding carboxylic acids is 1. The molecule has 6 heteroatoms. The Labute approximate surface area is 119 Å². The Morgan fingerprint density at radius 3 is 3.00 bits per heavy atom. The van der Waals surface area contributed by atoms with Crippen molar-refractivity contribution in [3.63, 3.8) is 0 Å². The first kappa shape index (κ1) is 14.2. The molecular formula is C14H12FN3OS. The summed E-state index contributed by atoms with van der Waals surface area (Å²) >= 11 is 1.29. The lowest BCUT2D eigenvalue weighted by Gasteiger charge is -2.06. The lowest BCUT2D eigenvalue weighted by atomic mass is 10.1. The van der Waals surface area contributed by atoms with Crippen molar-refractivity contribution < 1.29 is 9.18 Å². The summed E-state index contributed by atoms with van der Waals surface area (Å²) in [4.78, 5) is 16.5. The molecule has 1 heterocycles. The molecule has 3 N–H and O–H groups in total. The number of thiazole rings is 1. The zero-order valence-electron chi connectivity index (χ0n) is 10.7. The second-order valence-corrected chi connectivity index (χ2v) is 5.13. The summed E-state index contributed by atoms with van der Waals surface area (Å²) in [6, 6.07) is 4.00. The van der Waals surface area contributed by atoms with Crippen LogP contribution in [0, 0.1) is 24.6 Å². The maximum Gasteiger partial charge on any atom is 0.267 e. The zero-order valence-corrected chi connectivity index (χ0v) is 11.6. The second kappa shape index (κ2) is 6.28. The molecule has 0 unspecified atom stereocenters. The molecule has 0 spiro atoms. The fourth-order valence-corrected chi connectivity index (χ4v) is 2.20. The molecule has 102 valence electrons. The first-order valence-electron chi connectivity index (χ1n) is 5.82. The lowest BCUT2D eigenvalue weighted by Crippen LogP contribution is -2.11. The van der Waals surface area contributed by atoms with Crippen molar-refractivity contribution in [1.82, 2.24) is 4.98 Å². The normalized spacial score (nSPS) is 9.75. The van der Waals surface area contributed by atoms with Crippen LogP contribution in [-0.4, -0.2) is 17.4 Å². The Bertz CT molecular complexity index is 700. The van der Waals surface area contributed by atoms with Crippen molar-refractivity contribution in [2.45, 2.75) is 6.92 Å². The van der Waals surface area contributed by atoms with Crippen LogP contribution in [0.15, 0.2) is 24.4 Å². The molecule has 0 atom stereocenters. The van der Waals surface area contributed by atoms with Crippen molar-refractivity contribution in [2.75, 3.05) is 11.9 Å². The third-order valence-electron chi connectivity index (χ3n) is 2.40. The zero-order chi connectivity index (χ0) is 14.5. The van der Waals surface area contributed by atoms with Gasteiger partial charge in [-0.3, -0.25) is 4.79 Å². The van der Waals surface area contributed by atoms with Gasteiger partial charge in [-0.2, -0.15) is 0 Å². The molecule has 0 bridgehead atoms. The van der Waals surface area contributed by atoms with E-state index in [-0.39, 0.29) is 12.5 Å². The first-order valence-corrected chi connectivity index (χ1v) is 6.64. The minimum atomic E-state index is -0.419. The Kier molecular flexibility index (Phi) is 4.45. The number of aromatic nitrogens is 1. The molecule has 1 amide bonds. The molecule has 0 saturated heterocycles. The van der Waals surface area contributed by atoms with E-state index in [2.05, 4.69) is 22.1 Å². The molecule has 0 aliphatic heterocycles. The predicted molar refractivity (Wildman–Crippen MR) is 77.1 cm³/mol. The van der Waals surface area contributed by atoms with Crippen molar-refractivity contribution in [3.8, 4) is 11.8 Å². The fraction of sp³-hybridized carbons (Fsp3) is 0.143. The molecule has 0 saturated carbocycles. The molecule has 4 nitrogen and oxygen atoms in total. The Morgan fingerprint density at radius 2 is 2.35 bits per heavy atom. The van der Waals surface area contributed by atoms with Gasteiger partial charge in [-0.25, -0.2) is 9.37 Å². The molecule has 0 fully saturated rings. The SMILES string of the molecule is Cc1ncc(C(=O)Nc2ccc(F)cc2C#CCN)s1. The van der Waals surface area contributed by atoms with Crippen molar-refractivity contribution in [3.05, 3.63) is 45.7 Å². The highest BCUT2D eigenvalue weighted by Crippen LogP contribution is 2.19. The Morgan fingerprint density at radius 1 is 1.55 bits per heavy atom. The van der Waals surface area contributed by atoms with Gasteiger partial charge in [0.05, 0.1) is 29.0 Å². The summed E-state index contributed by atoms with van der Waals surface area (Å²) < 4.78 is 13.2. The largest absolute Gasteiger partial charge is 0.320 e. The van der Waals surface area contributed by atoms with Gasteiger partial charge in [-0.05, 0) is 25.1 Å². The summed E-state index contributed by atoms with van der Waals surface area (Å²) in [5.41, 5.74) is 6.14. The van der Waals surface area contributed by atoms with E-state index in [0.29, 0.717) is 16.1 Å². The van der Waals surface area contributed by atoms with Crippen LogP contribution < -0.4 is 11.1 Å². The maximum atomic E-state index is 13.2. The van der Waals surface area contributed by atoms with Crippen LogP contribution in [0.4, 0.5) is 10.1 Å². The minimum absolute atomic E-state index is 0.165. The third kappa shape index (κ3) is 3.41. The molecule has 20 heavy (non-hydrogen) atoms. The molecule has 1 aromatic heterocycles. The number of benzene rings is 1. The second-order valence-electron chi connectivity index (χ2n) is 3.89. The van der Waals surface area contributed by atoms with E-state index >= 15 is 0 Å². The maximum absolute atomic E-state index is 13.2. The summed E-state index contributed by atoms with van der Waals surface area (Å²) in [5.74, 6) is 4.66. The van der Waals surface area contributed by atoms with Crippen molar-refractivity contribution in [2.24, 2.45) is 5.73 Å². The summed E-state index contributed by atoms with van der Waals surface area (Å²) in [6.45, 7) is 1.98. The number of anilines is 1.